The molecule has 1 unspecified atom stereocenters. The maximum Gasteiger partial charge on any atom is 0.116 e. The number of halogens is 1. The average molecular weight is 358 g/mol. The van der Waals surface area contributed by atoms with E-state index in [-0.39, 0.29) is 6.04 Å². The summed E-state index contributed by atoms with van der Waals surface area (Å²) in [5, 5.41) is 5.43. The Labute approximate surface area is 151 Å². The van der Waals surface area contributed by atoms with E-state index in [1.165, 1.54) is 10.3 Å². The van der Waals surface area contributed by atoms with Crippen LogP contribution in [0, 0.1) is 0 Å². The number of hydrogen-bond acceptors (Lipinski definition) is 4. The van der Waals surface area contributed by atoms with Gasteiger partial charge in [-0.15, -0.1) is 11.3 Å². The average Bonchev–Trinajstić information content (AvgIpc) is 2.82. The van der Waals surface area contributed by atoms with E-state index in [0.717, 1.165) is 48.1 Å². The summed E-state index contributed by atoms with van der Waals surface area (Å²) in [6.07, 6.45) is 1.15. The predicted octanol–water partition coefficient (Wildman–Crippen LogP) is 4.33. The topological polar surface area (TPSA) is 28.2 Å². The molecule has 1 fully saturated rings. The number of nitrogens with zero attached hydrogens (tertiary/aromatic N) is 2. The minimum absolute atomic E-state index is 0.168. The van der Waals surface area contributed by atoms with Crippen molar-refractivity contribution in [3.8, 4) is 0 Å². The van der Waals surface area contributed by atoms with E-state index in [9.17, 15) is 0 Å². The van der Waals surface area contributed by atoms with Gasteiger partial charge in [-0.2, -0.15) is 0 Å². The minimum Gasteiger partial charge on any atom is -0.315 e. The number of fused-ring (bicyclic) bond motifs is 1. The van der Waals surface area contributed by atoms with Crippen molar-refractivity contribution in [3.05, 3.63) is 64.1 Å². The third-order valence-electron chi connectivity index (χ3n) is 4.45. The maximum absolute atomic E-state index is 6.28. The summed E-state index contributed by atoms with van der Waals surface area (Å²) < 4.78 is 1.24. The molecule has 1 N–H and O–H groups in total. The second-order valence-electron chi connectivity index (χ2n) is 6.12. The number of benzene rings is 2. The van der Waals surface area contributed by atoms with Crippen LogP contribution >= 0.6 is 22.9 Å². The normalized spacial score (nSPS) is 17.7. The minimum atomic E-state index is 0.168. The first kappa shape index (κ1) is 16.0. The van der Waals surface area contributed by atoms with Gasteiger partial charge in [0.25, 0.3) is 0 Å². The van der Waals surface area contributed by atoms with Gasteiger partial charge in [0.15, 0.2) is 0 Å². The third kappa shape index (κ3) is 3.33. The molecule has 0 bridgehead atoms. The van der Waals surface area contributed by atoms with Crippen molar-refractivity contribution in [2.45, 2.75) is 12.5 Å². The van der Waals surface area contributed by atoms with E-state index in [2.05, 4.69) is 46.6 Å². The molecule has 1 aliphatic heterocycles. The van der Waals surface area contributed by atoms with Gasteiger partial charge in [0.1, 0.15) is 5.01 Å². The van der Waals surface area contributed by atoms with E-state index >= 15 is 0 Å². The summed E-state index contributed by atoms with van der Waals surface area (Å²) in [6.45, 7) is 4.19. The highest BCUT2D eigenvalue weighted by molar-refractivity contribution is 7.18. The molecule has 0 radical (unpaired) electrons. The molecular weight excluding hydrogens is 338 g/mol. The zero-order chi connectivity index (χ0) is 16.4. The first-order valence-corrected chi connectivity index (χ1v) is 9.56. The fourth-order valence-corrected chi connectivity index (χ4v) is 4.65. The number of thiazole rings is 1. The van der Waals surface area contributed by atoms with Gasteiger partial charge in [-0.05, 0) is 42.8 Å². The van der Waals surface area contributed by atoms with Gasteiger partial charge in [0, 0.05) is 24.7 Å². The fraction of sp³-hybridized carbons (Fsp3) is 0.316. The van der Waals surface area contributed by atoms with Crippen LogP contribution in [0.4, 0.5) is 0 Å². The zero-order valence-corrected chi connectivity index (χ0v) is 15.0. The Morgan fingerprint density at radius 3 is 2.88 bits per heavy atom. The molecule has 2 aromatic carbocycles. The smallest absolute Gasteiger partial charge is 0.116 e. The number of hydrogen-bond donors (Lipinski definition) is 1. The van der Waals surface area contributed by atoms with Crippen molar-refractivity contribution in [3.63, 3.8) is 0 Å². The zero-order valence-electron chi connectivity index (χ0n) is 13.4. The van der Waals surface area contributed by atoms with Gasteiger partial charge in [0.05, 0.1) is 16.3 Å². The van der Waals surface area contributed by atoms with Crippen LogP contribution in [0.15, 0.2) is 48.5 Å². The Morgan fingerprint density at radius 2 is 2.00 bits per heavy atom. The van der Waals surface area contributed by atoms with Crippen LogP contribution < -0.4 is 5.32 Å². The quantitative estimate of drug-likeness (QED) is 0.756. The summed E-state index contributed by atoms with van der Waals surface area (Å²) in [6, 6.07) is 16.8. The fourth-order valence-electron chi connectivity index (χ4n) is 3.32. The van der Waals surface area contributed by atoms with Crippen LogP contribution in [0.3, 0.4) is 0 Å². The SMILES string of the molecule is Clc1cccc(C(c2nc3ccccc3s2)N2CCCNCC2)c1. The van der Waals surface area contributed by atoms with Crippen molar-refractivity contribution < 1.29 is 0 Å². The van der Waals surface area contributed by atoms with E-state index in [4.69, 9.17) is 16.6 Å². The van der Waals surface area contributed by atoms with Gasteiger partial charge in [0.2, 0.25) is 0 Å². The molecule has 1 atom stereocenters. The molecule has 124 valence electrons. The first-order chi connectivity index (χ1) is 11.8. The Bertz CT molecular complexity index is 791. The lowest BCUT2D eigenvalue weighted by Crippen LogP contribution is -2.33. The molecule has 0 aliphatic carbocycles. The molecule has 3 nitrogen and oxygen atoms in total. The maximum atomic E-state index is 6.28. The number of nitrogens with one attached hydrogen (secondary N) is 1. The molecule has 3 aromatic rings. The Hall–Kier alpha value is -1.46. The molecule has 1 aromatic heterocycles. The number of para-hydroxylation sites is 1. The largest absolute Gasteiger partial charge is 0.315 e. The van der Waals surface area contributed by atoms with Gasteiger partial charge in [-0.1, -0.05) is 35.9 Å². The van der Waals surface area contributed by atoms with E-state index in [1.807, 2.05) is 12.1 Å². The van der Waals surface area contributed by atoms with Crippen molar-refractivity contribution in [2.24, 2.45) is 0 Å². The lowest BCUT2D eigenvalue weighted by molar-refractivity contribution is 0.241. The highest BCUT2D eigenvalue weighted by Gasteiger charge is 2.26. The highest BCUT2D eigenvalue weighted by atomic mass is 35.5. The molecule has 0 spiro atoms. The van der Waals surface area contributed by atoms with Crippen molar-refractivity contribution >= 4 is 33.2 Å². The van der Waals surface area contributed by atoms with E-state index in [1.54, 1.807) is 11.3 Å². The second-order valence-corrected chi connectivity index (χ2v) is 7.62. The molecule has 5 heteroatoms. The van der Waals surface area contributed by atoms with Crippen molar-refractivity contribution in [1.82, 2.24) is 15.2 Å². The van der Waals surface area contributed by atoms with Crippen LogP contribution in [0.25, 0.3) is 10.2 Å². The summed E-state index contributed by atoms with van der Waals surface area (Å²) in [4.78, 5) is 7.47. The predicted molar refractivity (Wildman–Crippen MR) is 102 cm³/mol. The molecule has 1 saturated heterocycles. The lowest BCUT2D eigenvalue weighted by atomic mass is 10.1. The van der Waals surface area contributed by atoms with Crippen LogP contribution in [0.1, 0.15) is 23.0 Å². The van der Waals surface area contributed by atoms with Gasteiger partial charge >= 0.3 is 0 Å². The molecular formula is C19H20ClN3S. The van der Waals surface area contributed by atoms with Crippen molar-refractivity contribution in [1.29, 1.82) is 0 Å². The van der Waals surface area contributed by atoms with E-state index < -0.39 is 0 Å². The van der Waals surface area contributed by atoms with Crippen LogP contribution in [-0.2, 0) is 0 Å². The van der Waals surface area contributed by atoms with Gasteiger partial charge < -0.3 is 5.32 Å². The first-order valence-electron chi connectivity index (χ1n) is 8.37. The standard InChI is InChI=1S/C19H20ClN3S/c20-15-6-3-5-14(13-15)18(23-11-4-9-21-10-12-23)19-22-16-7-1-2-8-17(16)24-19/h1-3,5-8,13,18,21H,4,9-12H2. The summed E-state index contributed by atoms with van der Waals surface area (Å²) in [7, 11) is 0. The second kappa shape index (κ2) is 7.19. The summed E-state index contributed by atoms with van der Waals surface area (Å²) in [5.41, 5.74) is 2.31. The molecule has 4 rings (SSSR count). The Morgan fingerprint density at radius 1 is 1.08 bits per heavy atom. The number of aromatic nitrogens is 1. The third-order valence-corrected chi connectivity index (χ3v) is 5.77. The molecule has 0 amide bonds. The Balaban J connectivity index is 1.79. The molecule has 2 heterocycles. The van der Waals surface area contributed by atoms with Crippen LogP contribution in [-0.4, -0.2) is 36.1 Å². The Kier molecular flexibility index (Phi) is 4.81. The van der Waals surface area contributed by atoms with Crippen LogP contribution in [0.2, 0.25) is 5.02 Å². The van der Waals surface area contributed by atoms with Crippen molar-refractivity contribution in [2.75, 3.05) is 26.2 Å². The molecule has 24 heavy (non-hydrogen) atoms. The highest BCUT2D eigenvalue weighted by Crippen LogP contribution is 2.35. The lowest BCUT2D eigenvalue weighted by Gasteiger charge is -2.29. The monoisotopic (exact) mass is 357 g/mol. The van der Waals surface area contributed by atoms with Gasteiger partial charge in [-0.25, -0.2) is 4.98 Å². The van der Waals surface area contributed by atoms with Crippen LogP contribution in [0.5, 0.6) is 0 Å². The molecule has 0 saturated carbocycles. The van der Waals surface area contributed by atoms with E-state index in [0.29, 0.717) is 0 Å². The number of rotatable bonds is 3. The van der Waals surface area contributed by atoms with Gasteiger partial charge in [-0.3, -0.25) is 4.90 Å². The summed E-state index contributed by atoms with van der Waals surface area (Å²) >= 11 is 8.07. The summed E-state index contributed by atoms with van der Waals surface area (Å²) in [5.74, 6) is 0. The molecule has 1 aliphatic rings.